The summed E-state index contributed by atoms with van der Waals surface area (Å²) in [5.41, 5.74) is 2.00. The Hall–Kier alpha value is -3.72. The van der Waals surface area contributed by atoms with Gasteiger partial charge in [0.25, 0.3) is 10.0 Å². The second kappa shape index (κ2) is 13.4. The van der Waals surface area contributed by atoms with E-state index in [-0.39, 0.29) is 29.1 Å². The van der Waals surface area contributed by atoms with Gasteiger partial charge in [-0.1, -0.05) is 61.9 Å². The second-order valence-corrected chi connectivity index (χ2v) is 11.4. The van der Waals surface area contributed by atoms with E-state index in [1.807, 2.05) is 52.0 Å². The van der Waals surface area contributed by atoms with Crippen molar-refractivity contribution < 1.29 is 22.4 Å². The fourth-order valence-electron chi connectivity index (χ4n) is 4.11. The van der Waals surface area contributed by atoms with Crippen LogP contribution in [0, 0.1) is 12.7 Å². The van der Waals surface area contributed by atoms with Crippen LogP contribution in [0.1, 0.15) is 44.7 Å². The molecule has 0 unspecified atom stereocenters. The molecule has 0 aliphatic carbocycles. The first-order valence-electron chi connectivity index (χ1n) is 13.1. The summed E-state index contributed by atoms with van der Waals surface area (Å²) in [5.74, 6) is -1.38. The Morgan fingerprint density at radius 2 is 1.51 bits per heavy atom. The molecule has 0 radical (unpaired) electrons. The quantitative estimate of drug-likeness (QED) is 0.340. The predicted molar refractivity (Wildman–Crippen MR) is 151 cm³/mol. The standard InChI is InChI=1S/C30H36FN3O4S/c1-5-23(4)32-30(36)28(6-2)33(20-24-14-12-22(3)13-15-24)29(35)21-34(26-18-16-25(31)17-19-26)39(37,38)27-10-8-7-9-11-27/h7-19,23,28H,5-6,20-21H2,1-4H3,(H,32,36)/t23-,28+/m1/s1. The van der Waals surface area contributed by atoms with E-state index in [1.54, 1.807) is 18.2 Å². The minimum atomic E-state index is -4.19. The molecule has 2 amide bonds. The molecule has 1 N–H and O–H groups in total. The number of nitrogens with zero attached hydrogens (tertiary/aromatic N) is 2. The third-order valence-corrected chi connectivity index (χ3v) is 8.37. The van der Waals surface area contributed by atoms with Gasteiger partial charge in [0.2, 0.25) is 11.8 Å². The van der Waals surface area contributed by atoms with Crippen molar-refractivity contribution in [1.29, 1.82) is 0 Å². The summed E-state index contributed by atoms with van der Waals surface area (Å²) in [6.45, 7) is 7.16. The van der Waals surface area contributed by atoms with Crippen molar-refractivity contribution in [3.63, 3.8) is 0 Å². The SMILES string of the molecule is CC[C@@H](C)NC(=O)[C@H](CC)N(Cc1ccc(C)cc1)C(=O)CN(c1ccc(F)cc1)S(=O)(=O)c1ccccc1. The first-order chi connectivity index (χ1) is 18.6. The molecule has 3 rings (SSSR count). The number of carbonyl (C=O) groups is 2. The highest BCUT2D eigenvalue weighted by Gasteiger charge is 2.33. The van der Waals surface area contributed by atoms with Gasteiger partial charge in [0, 0.05) is 12.6 Å². The minimum Gasteiger partial charge on any atom is -0.352 e. The van der Waals surface area contributed by atoms with E-state index in [4.69, 9.17) is 0 Å². The van der Waals surface area contributed by atoms with Gasteiger partial charge in [0.05, 0.1) is 10.6 Å². The Morgan fingerprint density at radius 3 is 2.08 bits per heavy atom. The lowest BCUT2D eigenvalue weighted by atomic mass is 10.1. The first kappa shape index (κ1) is 29.8. The van der Waals surface area contributed by atoms with Gasteiger partial charge in [-0.05, 0) is 68.7 Å². The summed E-state index contributed by atoms with van der Waals surface area (Å²) in [7, 11) is -4.19. The topological polar surface area (TPSA) is 86.8 Å². The molecular weight excluding hydrogens is 517 g/mol. The van der Waals surface area contributed by atoms with Crippen molar-refractivity contribution >= 4 is 27.5 Å². The molecule has 3 aromatic rings. The molecule has 3 aromatic carbocycles. The van der Waals surface area contributed by atoms with Crippen LogP contribution in [-0.4, -0.2) is 43.8 Å². The highest BCUT2D eigenvalue weighted by molar-refractivity contribution is 7.92. The molecule has 2 atom stereocenters. The van der Waals surface area contributed by atoms with Crippen LogP contribution < -0.4 is 9.62 Å². The Balaban J connectivity index is 2.03. The number of hydrogen-bond donors (Lipinski definition) is 1. The van der Waals surface area contributed by atoms with E-state index in [2.05, 4.69) is 5.32 Å². The summed E-state index contributed by atoms with van der Waals surface area (Å²) in [4.78, 5) is 28.7. The largest absolute Gasteiger partial charge is 0.352 e. The molecule has 0 saturated heterocycles. The van der Waals surface area contributed by atoms with E-state index >= 15 is 0 Å². The van der Waals surface area contributed by atoms with E-state index in [1.165, 1.54) is 29.2 Å². The fraction of sp³-hybridized carbons (Fsp3) is 0.333. The summed E-state index contributed by atoms with van der Waals surface area (Å²) in [6, 6.07) is 19.4. The van der Waals surface area contributed by atoms with E-state index in [0.29, 0.717) is 6.42 Å². The smallest absolute Gasteiger partial charge is 0.264 e. The van der Waals surface area contributed by atoms with E-state index < -0.39 is 34.3 Å². The van der Waals surface area contributed by atoms with Gasteiger partial charge in [0.1, 0.15) is 18.4 Å². The second-order valence-electron chi connectivity index (χ2n) is 9.55. The molecule has 39 heavy (non-hydrogen) atoms. The van der Waals surface area contributed by atoms with Gasteiger partial charge < -0.3 is 10.2 Å². The number of halogens is 1. The lowest BCUT2D eigenvalue weighted by Crippen LogP contribution is -2.53. The molecule has 0 saturated carbocycles. The van der Waals surface area contributed by atoms with Crippen LogP contribution in [0.15, 0.2) is 83.8 Å². The highest BCUT2D eigenvalue weighted by Crippen LogP contribution is 2.25. The zero-order chi connectivity index (χ0) is 28.6. The zero-order valence-corrected chi connectivity index (χ0v) is 23.6. The van der Waals surface area contributed by atoms with Gasteiger partial charge in [-0.2, -0.15) is 0 Å². The van der Waals surface area contributed by atoms with Crippen molar-refractivity contribution in [3.05, 3.63) is 95.8 Å². The maximum absolute atomic E-state index is 14.0. The highest BCUT2D eigenvalue weighted by atomic mass is 32.2. The summed E-state index contributed by atoms with van der Waals surface area (Å²) >= 11 is 0. The number of amides is 2. The molecule has 0 aromatic heterocycles. The number of nitrogens with one attached hydrogen (secondary N) is 1. The average molecular weight is 554 g/mol. The number of carbonyl (C=O) groups excluding carboxylic acids is 2. The van der Waals surface area contributed by atoms with Crippen LogP contribution in [0.25, 0.3) is 0 Å². The van der Waals surface area contributed by atoms with Crippen LogP contribution in [0.4, 0.5) is 10.1 Å². The Bertz CT molecular complexity index is 1350. The van der Waals surface area contributed by atoms with Gasteiger partial charge in [-0.3, -0.25) is 13.9 Å². The molecule has 0 bridgehead atoms. The lowest BCUT2D eigenvalue weighted by molar-refractivity contribution is -0.140. The van der Waals surface area contributed by atoms with Crippen molar-refractivity contribution in [2.24, 2.45) is 0 Å². The predicted octanol–water partition coefficient (Wildman–Crippen LogP) is 5.05. The van der Waals surface area contributed by atoms with Crippen molar-refractivity contribution in [2.45, 2.75) is 64.1 Å². The molecule has 7 nitrogen and oxygen atoms in total. The molecule has 208 valence electrons. The van der Waals surface area contributed by atoms with Crippen LogP contribution in [0.3, 0.4) is 0 Å². The zero-order valence-electron chi connectivity index (χ0n) is 22.8. The molecule has 0 spiro atoms. The van der Waals surface area contributed by atoms with Crippen molar-refractivity contribution in [3.8, 4) is 0 Å². The maximum Gasteiger partial charge on any atom is 0.264 e. The summed E-state index contributed by atoms with van der Waals surface area (Å²) in [5, 5.41) is 2.95. The Kier molecular flexibility index (Phi) is 10.2. The van der Waals surface area contributed by atoms with Crippen LogP contribution >= 0.6 is 0 Å². The number of aryl methyl sites for hydroxylation is 1. The van der Waals surface area contributed by atoms with Gasteiger partial charge >= 0.3 is 0 Å². The summed E-state index contributed by atoms with van der Waals surface area (Å²) < 4.78 is 42.1. The summed E-state index contributed by atoms with van der Waals surface area (Å²) in [6.07, 6.45) is 1.06. The van der Waals surface area contributed by atoms with Gasteiger partial charge in [0.15, 0.2) is 0 Å². The van der Waals surface area contributed by atoms with Gasteiger partial charge in [-0.15, -0.1) is 0 Å². The monoisotopic (exact) mass is 553 g/mol. The minimum absolute atomic E-state index is 0.00577. The Labute approximate surface area is 230 Å². The lowest BCUT2D eigenvalue weighted by Gasteiger charge is -2.33. The molecular formula is C30H36FN3O4S. The van der Waals surface area contributed by atoms with E-state index in [0.717, 1.165) is 34.0 Å². The molecule has 9 heteroatoms. The molecule has 0 fully saturated rings. The van der Waals surface area contributed by atoms with Crippen LogP contribution in [0.5, 0.6) is 0 Å². The number of benzene rings is 3. The van der Waals surface area contributed by atoms with Crippen molar-refractivity contribution in [2.75, 3.05) is 10.8 Å². The molecule has 0 aliphatic heterocycles. The maximum atomic E-state index is 14.0. The Morgan fingerprint density at radius 1 is 0.897 bits per heavy atom. The van der Waals surface area contributed by atoms with E-state index in [9.17, 15) is 22.4 Å². The average Bonchev–Trinajstić information content (AvgIpc) is 2.93. The van der Waals surface area contributed by atoms with Crippen LogP contribution in [0.2, 0.25) is 0 Å². The number of sulfonamides is 1. The molecule has 0 heterocycles. The number of anilines is 1. The molecule has 0 aliphatic rings. The fourth-order valence-corrected chi connectivity index (χ4v) is 5.54. The number of rotatable bonds is 12. The first-order valence-corrected chi connectivity index (χ1v) is 14.5. The van der Waals surface area contributed by atoms with Crippen molar-refractivity contribution in [1.82, 2.24) is 10.2 Å². The number of hydrogen-bond acceptors (Lipinski definition) is 4. The van der Waals surface area contributed by atoms with Gasteiger partial charge in [-0.25, -0.2) is 12.8 Å². The normalized spacial score (nSPS) is 12.8. The third kappa shape index (κ3) is 7.66. The third-order valence-electron chi connectivity index (χ3n) is 6.59. The van der Waals surface area contributed by atoms with Crippen LogP contribution in [-0.2, 0) is 26.2 Å².